The fraction of sp³-hybridized carbons (Fsp3) is 0.405. The molecular weight excluding hydrogens is 770 g/mol. The van der Waals surface area contributed by atoms with E-state index in [9.17, 15) is 48.2 Å². The Bertz CT molecular complexity index is 2050. The van der Waals surface area contributed by atoms with Crippen LogP contribution in [0.4, 0.5) is 8.78 Å². The molecule has 0 bridgehead atoms. The van der Waals surface area contributed by atoms with Crippen LogP contribution in [0, 0.1) is 23.0 Å². The smallest absolute Gasteiger partial charge is 0.306 e. The molecule has 5 amide bonds. The highest BCUT2D eigenvalue weighted by Gasteiger charge is 2.37. The highest BCUT2D eigenvalue weighted by molar-refractivity contribution is 6.14. The number of benzene rings is 2. The highest BCUT2D eigenvalue weighted by atomic mass is 19.1. The zero-order valence-corrected chi connectivity index (χ0v) is 33.2. The molecule has 17 heteroatoms. The molecule has 0 radical (unpaired) electrons. The molecule has 2 aromatic carbocycles. The molecule has 0 aliphatic carbocycles. The molecule has 2 heterocycles. The molecule has 3 aromatic rings. The van der Waals surface area contributed by atoms with Crippen molar-refractivity contribution in [2.45, 2.75) is 65.1 Å². The minimum Gasteiger partial charge on any atom is -0.481 e. The number of ketones is 1. The number of hydrogen-bond donors (Lipinski definition) is 5. The summed E-state index contributed by atoms with van der Waals surface area (Å²) in [5.74, 6) is -7.57. The van der Waals surface area contributed by atoms with Gasteiger partial charge < -0.3 is 36.0 Å². The average molecular weight is 821 g/mol. The number of carboxylic acid groups (broad SMARTS) is 1. The topological polar surface area (TPSA) is 221 Å². The van der Waals surface area contributed by atoms with E-state index in [4.69, 9.17) is 5.73 Å². The molecule has 4 rings (SSSR count). The molecule has 0 unspecified atom stereocenters. The van der Waals surface area contributed by atoms with Crippen molar-refractivity contribution in [3.8, 4) is 11.1 Å². The van der Waals surface area contributed by atoms with Gasteiger partial charge in [-0.1, -0.05) is 51.1 Å². The lowest BCUT2D eigenvalue weighted by Crippen LogP contribution is -2.48. The van der Waals surface area contributed by atoms with Crippen LogP contribution >= 0.6 is 0 Å². The number of halogens is 2. The van der Waals surface area contributed by atoms with Crippen molar-refractivity contribution < 1.29 is 52.6 Å². The molecule has 316 valence electrons. The van der Waals surface area contributed by atoms with Crippen LogP contribution in [0.25, 0.3) is 11.1 Å². The Kier molecular flexibility index (Phi) is 15.9. The van der Waals surface area contributed by atoms with Crippen LogP contribution in [0.2, 0.25) is 0 Å². The molecular formula is C42H50F2N6O9. The van der Waals surface area contributed by atoms with Crippen molar-refractivity contribution in [3.05, 3.63) is 95.8 Å². The number of Topliss-reactive ketones (excluding diaryl/α,β-unsaturated/α-hetero) is 1. The van der Waals surface area contributed by atoms with Gasteiger partial charge in [-0.3, -0.25) is 38.5 Å². The predicted octanol–water partition coefficient (Wildman–Crippen LogP) is 2.70. The maximum Gasteiger partial charge on any atom is 0.306 e. The molecule has 1 aliphatic rings. The van der Waals surface area contributed by atoms with Gasteiger partial charge in [0, 0.05) is 74.2 Å². The fourth-order valence-electron chi connectivity index (χ4n) is 6.84. The van der Waals surface area contributed by atoms with E-state index in [1.807, 2.05) is 55.7 Å². The van der Waals surface area contributed by atoms with Crippen LogP contribution in [0.5, 0.6) is 0 Å². The first-order valence-corrected chi connectivity index (χ1v) is 19.1. The number of nitrogens with zero attached hydrogens (tertiary/aromatic N) is 3. The van der Waals surface area contributed by atoms with Crippen molar-refractivity contribution in [1.29, 1.82) is 0 Å². The van der Waals surface area contributed by atoms with Crippen LogP contribution in [0.15, 0.2) is 72.9 Å². The second-order valence-corrected chi connectivity index (χ2v) is 15.4. The number of aliphatic hydroxyl groups is 1. The van der Waals surface area contributed by atoms with E-state index in [1.54, 1.807) is 12.3 Å². The van der Waals surface area contributed by atoms with Crippen molar-refractivity contribution in [1.82, 2.24) is 25.0 Å². The third-order valence-corrected chi connectivity index (χ3v) is 9.78. The van der Waals surface area contributed by atoms with Crippen LogP contribution < -0.4 is 16.4 Å². The lowest BCUT2D eigenvalue weighted by molar-refractivity contribution is -0.145. The molecule has 0 fully saturated rings. The molecule has 0 spiro atoms. The lowest BCUT2D eigenvalue weighted by Gasteiger charge is -2.41. The van der Waals surface area contributed by atoms with Gasteiger partial charge in [0.05, 0.1) is 24.5 Å². The summed E-state index contributed by atoms with van der Waals surface area (Å²) in [4.78, 5) is 88.5. The summed E-state index contributed by atoms with van der Waals surface area (Å²) in [6.45, 7) is 4.43. The minimum absolute atomic E-state index is 0.0299. The van der Waals surface area contributed by atoms with E-state index in [0.717, 1.165) is 35.9 Å². The Balaban J connectivity index is 1.37. The van der Waals surface area contributed by atoms with Gasteiger partial charge in [0.15, 0.2) is 5.78 Å². The number of aromatic nitrogens is 1. The van der Waals surface area contributed by atoms with Gasteiger partial charge >= 0.3 is 5.97 Å². The third kappa shape index (κ3) is 12.7. The maximum absolute atomic E-state index is 15.0. The average Bonchev–Trinajstić information content (AvgIpc) is 3.73. The molecule has 15 nitrogen and oxygen atoms in total. The predicted molar refractivity (Wildman–Crippen MR) is 211 cm³/mol. The molecule has 1 aliphatic heterocycles. The maximum atomic E-state index is 15.0. The van der Waals surface area contributed by atoms with Gasteiger partial charge in [0.2, 0.25) is 17.7 Å². The molecule has 59 heavy (non-hydrogen) atoms. The van der Waals surface area contributed by atoms with Crippen LogP contribution in [0.1, 0.15) is 63.8 Å². The zero-order chi connectivity index (χ0) is 43.4. The molecule has 3 atom stereocenters. The number of amides is 5. The Morgan fingerprint density at radius 3 is 2.20 bits per heavy atom. The van der Waals surface area contributed by atoms with Crippen LogP contribution in [0.3, 0.4) is 0 Å². The number of carboxylic acids is 1. The second-order valence-electron chi connectivity index (χ2n) is 15.4. The standard InChI is InChI=1S/C42H50F2N6O9/c1-42(2,3)39(34-20-28(31-21-29(43)10-11-32(31)44)23-48(34)22-26-7-5-4-6-8-26)49(38(56)25-51)18-15-33(45)40(57)47-17-16-46-35(53)12-9-27(41(58)59)19-30(52)24-50-36(54)13-14-37(50)55/h4-8,10-11,13-14,20-21,23,27,33,39,51H,9,12,15-19,22,24-25,45H2,1-3H3,(H,46,53)(H,47,57)(H,58,59)/t27-,33+,39+/m1/s1. The van der Waals surface area contributed by atoms with Crippen LogP contribution in [-0.4, -0.2) is 105 Å². The first-order chi connectivity index (χ1) is 27.9. The first-order valence-electron chi connectivity index (χ1n) is 19.1. The van der Waals surface area contributed by atoms with E-state index in [2.05, 4.69) is 10.6 Å². The van der Waals surface area contributed by atoms with Gasteiger partial charge in [-0.05, 0) is 48.1 Å². The first kappa shape index (κ1) is 45.6. The van der Waals surface area contributed by atoms with E-state index in [-0.39, 0.29) is 44.5 Å². The van der Waals surface area contributed by atoms with Gasteiger partial charge in [-0.15, -0.1) is 0 Å². The van der Waals surface area contributed by atoms with Gasteiger partial charge in [-0.25, -0.2) is 8.78 Å². The van der Waals surface area contributed by atoms with E-state index in [0.29, 0.717) is 22.7 Å². The number of aliphatic hydroxyl groups excluding tert-OH is 1. The largest absolute Gasteiger partial charge is 0.481 e. The van der Waals surface area contributed by atoms with Crippen molar-refractivity contribution in [2.75, 3.05) is 32.8 Å². The monoisotopic (exact) mass is 820 g/mol. The number of nitrogens with two attached hydrogens (primary N) is 1. The van der Waals surface area contributed by atoms with Crippen LogP contribution in [-0.2, 0) is 40.1 Å². The number of nitrogens with one attached hydrogen (secondary N) is 2. The molecule has 1 aromatic heterocycles. The van der Waals surface area contributed by atoms with E-state index in [1.165, 1.54) is 4.90 Å². The van der Waals surface area contributed by atoms with Crippen molar-refractivity contribution >= 4 is 41.3 Å². The Morgan fingerprint density at radius 2 is 1.58 bits per heavy atom. The number of rotatable bonds is 21. The third-order valence-electron chi connectivity index (χ3n) is 9.78. The Hall–Kier alpha value is -6.07. The zero-order valence-electron chi connectivity index (χ0n) is 33.2. The Labute approximate surface area is 340 Å². The van der Waals surface area contributed by atoms with Crippen molar-refractivity contribution in [2.24, 2.45) is 17.1 Å². The summed E-state index contributed by atoms with van der Waals surface area (Å²) < 4.78 is 31.2. The van der Waals surface area contributed by atoms with Gasteiger partial charge in [-0.2, -0.15) is 0 Å². The molecule has 6 N–H and O–H groups in total. The summed E-state index contributed by atoms with van der Waals surface area (Å²) in [5, 5.41) is 24.8. The number of imide groups is 1. The van der Waals surface area contributed by atoms with Gasteiger partial charge in [0.1, 0.15) is 18.2 Å². The quantitative estimate of drug-likeness (QED) is 0.0781. The van der Waals surface area contributed by atoms with Gasteiger partial charge in [0.25, 0.3) is 11.8 Å². The number of carbonyl (C=O) groups is 7. The second kappa shape index (κ2) is 20.6. The normalized spacial score (nSPS) is 14.2. The summed E-state index contributed by atoms with van der Waals surface area (Å²) in [5.41, 5.74) is 7.44. The lowest BCUT2D eigenvalue weighted by atomic mass is 9.82. The minimum atomic E-state index is -1.32. The molecule has 0 saturated heterocycles. The number of aliphatic carboxylic acids is 1. The summed E-state index contributed by atoms with van der Waals surface area (Å²) in [6.07, 6.45) is 2.74. The Morgan fingerprint density at radius 1 is 0.915 bits per heavy atom. The summed E-state index contributed by atoms with van der Waals surface area (Å²) in [7, 11) is 0. The number of hydrogen-bond acceptors (Lipinski definition) is 9. The molecule has 0 saturated carbocycles. The fourth-order valence-corrected chi connectivity index (χ4v) is 6.84. The van der Waals surface area contributed by atoms with E-state index < -0.39 is 95.9 Å². The van der Waals surface area contributed by atoms with Crippen molar-refractivity contribution in [3.63, 3.8) is 0 Å². The summed E-state index contributed by atoms with van der Waals surface area (Å²) in [6, 6.07) is 12.4. The van der Waals surface area contributed by atoms with E-state index >= 15 is 4.39 Å². The SMILES string of the molecule is CC(C)(C)[C@H](c1cc(-c2cc(F)ccc2F)cn1Cc1ccccc1)N(CC[C@H](N)C(=O)NCCNC(=O)CC[C@H](CC(=O)CN1C(=O)C=CC1=O)C(=O)O)C(=O)CO. The summed E-state index contributed by atoms with van der Waals surface area (Å²) >= 11 is 0. The number of carbonyl (C=O) groups excluding carboxylic acids is 6. The highest BCUT2D eigenvalue weighted by Crippen LogP contribution is 2.41.